The SMILES string of the molecule is FC(F)(F)c1c2ccccc2c(C(F)(F)C(F)(F)C(F)(F)C(F)(F)C(F)(F)C(F)(F)C(F)(F)C(F)(F)F)c2ccccc12. The average Bonchev–Trinajstić information content (AvgIpc) is 2.84. The monoisotopic (exact) mass is 664 g/mol. The lowest BCUT2D eigenvalue weighted by Gasteiger charge is -2.43. The fourth-order valence-corrected chi connectivity index (χ4v) is 4.09. The van der Waals surface area contributed by atoms with Crippen LogP contribution in [0.25, 0.3) is 21.5 Å². The summed E-state index contributed by atoms with van der Waals surface area (Å²) in [5.41, 5.74) is -4.53. The van der Waals surface area contributed by atoms with Crippen LogP contribution in [0, 0.1) is 0 Å². The third kappa shape index (κ3) is 4.35. The molecule has 0 spiro atoms. The van der Waals surface area contributed by atoms with Crippen LogP contribution in [0.15, 0.2) is 48.5 Å². The largest absolute Gasteiger partial charge is 0.460 e. The highest BCUT2D eigenvalue weighted by Crippen LogP contribution is 2.66. The summed E-state index contributed by atoms with van der Waals surface area (Å²) in [7, 11) is 0. The molecule has 3 rings (SSSR count). The molecule has 240 valence electrons. The van der Waals surface area contributed by atoms with Crippen molar-refractivity contribution in [2.75, 3.05) is 0 Å². The van der Waals surface area contributed by atoms with Crippen LogP contribution in [-0.4, -0.2) is 41.7 Å². The first-order chi connectivity index (χ1) is 19.0. The second kappa shape index (κ2) is 9.39. The highest BCUT2D eigenvalue weighted by molar-refractivity contribution is 6.07. The molecule has 0 aliphatic heterocycles. The molecule has 20 heteroatoms. The van der Waals surface area contributed by atoms with E-state index in [0.29, 0.717) is 36.4 Å². The number of hydrogen-bond acceptors (Lipinski definition) is 0. The minimum absolute atomic E-state index is 0.152. The summed E-state index contributed by atoms with van der Waals surface area (Å²) in [5.74, 6) is -58.4. The van der Waals surface area contributed by atoms with Crippen LogP contribution in [0.3, 0.4) is 0 Å². The van der Waals surface area contributed by atoms with Gasteiger partial charge in [-0.2, -0.15) is 87.8 Å². The topological polar surface area (TPSA) is 0 Å². The number of benzene rings is 3. The van der Waals surface area contributed by atoms with Gasteiger partial charge in [0.1, 0.15) is 0 Å². The fourth-order valence-electron chi connectivity index (χ4n) is 4.09. The van der Waals surface area contributed by atoms with Gasteiger partial charge in [0.05, 0.1) is 5.56 Å². The number of fused-ring (bicyclic) bond motifs is 2. The van der Waals surface area contributed by atoms with Crippen molar-refractivity contribution < 1.29 is 87.8 Å². The first-order valence-electron chi connectivity index (χ1n) is 10.7. The van der Waals surface area contributed by atoms with Crippen LogP contribution in [0.1, 0.15) is 11.1 Å². The summed E-state index contributed by atoms with van der Waals surface area (Å²) < 4.78 is 277. The Hall–Kier alpha value is -3.22. The summed E-state index contributed by atoms with van der Waals surface area (Å²) in [6.45, 7) is 0. The lowest BCUT2D eigenvalue weighted by Crippen LogP contribution is -2.74. The van der Waals surface area contributed by atoms with Gasteiger partial charge in [-0.3, -0.25) is 0 Å². The Bertz CT molecular complexity index is 1470. The molecule has 0 bridgehead atoms. The molecule has 0 aliphatic carbocycles. The molecule has 3 aromatic carbocycles. The standard InChI is InChI=1S/C23H8F20/c24-15(25,13-9-5-1-3-7-11(9)14(16(26,27)28)12-8-4-2-6-10(12)13)17(29,30)18(31,32)19(33,34)20(35,36)21(37,38)22(39,40)23(41,42)43/h1-8H. The van der Waals surface area contributed by atoms with E-state index in [9.17, 15) is 79.0 Å². The molecule has 43 heavy (non-hydrogen) atoms. The Balaban J connectivity index is 2.40. The van der Waals surface area contributed by atoms with E-state index in [1.807, 2.05) is 0 Å². The van der Waals surface area contributed by atoms with Gasteiger partial charge < -0.3 is 0 Å². The third-order valence-corrected chi connectivity index (χ3v) is 6.25. The molecule has 0 unspecified atom stereocenters. The predicted octanol–water partition coefficient (Wildman–Crippen LogP) is 10.5. The van der Waals surface area contributed by atoms with Gasteiger partial charge in [0.2, 0.25) is 0 Å². The van der Waals surface area contributed by atoms with Crippen molar-refractivity contribution in [2.45, 2.75) is 53.8 Å². The third-order valence-electron chi connectivity index (χ3n) is 6.25. The van der Waals surface area contributed by atoms with E-state index >= 15 is 8.78 Å². The summed E-state index contributed by atoms with van der Waals surface area (Å²) >= 11 is 0. The zero-order chi connectivity index (χ0) is 33.6. The molecule has 0 heterocycles. The summed E-state index contributed by atoms with van der Waals surface area (Å²) in [6.07, 6.45) is -13.4. The quantitative estimate of drug-likeness (QED) is 0.174. The molecular weight excluding hydrogens is 656 g/mol. The fraction of sp³-hybridized carbons (Fsp3) is 0.391. The molecule has 0 aliphatic rings. The van der Waals surface area contributed by atoms with Crippen molar-refractivity contribution in [3.05, 3.63) is 59.7 Å². The molecular formula is C23H8F20. The minimum atomic E-state index is -8.83. The lowest BCUT2D eigenvalue weighted by atomic mass is 9.83. The summed E-state index contributed by atoms with van der Waals surface area (Å²) in [4.78, 5) is 0. The van der Waals surface area contributed by atoms with Gasteiger partial charge in [0, 0.05) is 5.56 Å². The van der Waals surface area contributed by atoms with E-state index in [1.165, 1.54) is 0 Å². The van der Waals surface area contributed by atoms with Gasteiger partial charge >= 0.3 is 53.8 Å². The molecule has 0 fully saturated rings. The molecule has 0 saturated heterocycles. The lowest BCUT2D eigenvalue weighted by molar-refractivity contribution is -0.462. The number of rotatable bonds is 7. The van der Waals surface area contributed by atoms with Crippen LogP contribution >= 0.6 is 0 Å². The normalized spacial score (nSPS) is 15.4. The van der Waals surface area contributed by atoms with Crippen LogP contribution in [-0.2, 0) is 12.1 Å². The average molecular weight is 664 g/mol. The predicted molar refractivity (Wildman–Crippen MR) is 106 cm³/mol. The second-order valence-electron chi connectivity index (χ2n) is 8.86. The van der Waals surface area contributed by atoms with Crippen LogP contribution in [0.5, 0.6) is 0 Å². The molecule has 0 amide bonds. The summed E-state index contributed by atoms with van der Waals surface area (Å²) in [5, 5.41) is -6.37. The van der Waals surface area contributed by atoms with Gasteiger partial charge in [-0.1, -0.05) is 48.5 Å². The van der Waals surface area contributed by atoms with Gasteiger partial charge in [-0.05, 0) is 21.5 Å². The molecule has 0 atom stereocenters. The second-order valence-corrected chi connectivity index (χ2v) is 8.86. The first-order valence-corrected chi connectivity index (χ1v) is 10.7. The minimum Gasteiger partial charge on any atom is -0.194 e. The Morgan fingerprint density at radius 1 is 0.302 bits per heavy atom. The van der Waals surface area contributed by atoms with Crippen LogP contribution < -0.4 is 0 Å². The van der Waals surface area contributed by atoms with E-state index in [-0.39, 0.29) is 12.1 Å². The Labute approximate surface area is 223 Å². The Morgan fingerprint density at radius 3 is 0.837 bits per heavy atom. The molecule has 0 aromatic heterocycles. The zero-order valence-corrected chi connectivity index (χ0v) is 19.7. The number of alkyl halides is 20. The first kappa shape index (κ1) is 34.3. The van der Waals surface area contributed by atoms with E-state index in [2.05, 4.69) is 0 Å². The van der Waals surface area contributed by atoms with Crippen molar-refractivity contribution in [1.29, 1.82) is 0 Å². The Morgan fingerprint density at radius 2 is 0.558 bits per heavy atom. The summed E-state index contributed by atoms with van der Waals surface area (Å²) in [6, 6.07) is 3.41. The maximum atomic E-state index is 15.4. The van der Waals surface area contributed by atoms with E-state index in [0.717, 1.165) is 0 Å². The highest BCUT2D eigenvalue weighted by atomic mass is 19.4. The van der Waals surface area contributed by atoms with E-state index in [4.69, 9.17) is 0 Å². The van der Waals surface area contributed by atoms with Gasteiger partial charge in [-0.15, -0.1) is 0 Å². The van der Waals surface area contributed by atoms with Crippen LogP contribution in [0.2, 0.25) is 0 Å². The smallest absolute Gasteiger partial charge is 0.194 e. The van der Waals surface area contributed by atoms with Crippen molar-refractivity contribution in [2.24, 2.45) is 0 Å². The maximum absolute atomic E-state index is 15.4. The molecule has 0 radical (unpaired) electrons. The van der Waals surface area contributed by atoms with Crippen molar-refractivity contribution in [1.82, 2.24) is 0 Å². The number of hydrogen-bond donors (Lipinski definition) is 0. The molecule has 3 aromatic rings. The molecule has 0 saturated carbocycles. The highest BCUT2D eigenvalue weighted by Gasteiger charge is 2.95. The van der Waals surface area contributed by atoms with Crippen molar-refractivity contribution in [3.8, 4) is 0 Å². The molecule has 0 nitrogen and oxygen atoms in total. The van der Waals surface area contributed by atoms with E-state index in [1.54, 1.807) is 0 Å². The van der Waals surface area contributed by atoms with Crippen molar-refractivity contribution >= 4 is 21.5 Å². The van der Waals surface area contributed by atoms with Gasteiger partial charge in [-0.25, -0.2) is 0 Å². The van der Waals surface area contributed by atoms with Gasteiger partial charge in [0.15, 0.2) is 0 Å². The van der Waals surface area contributed by atoms with E-state index < -0.39 is 86.5 Å². The van der Waals surface area contributed by atoms with Gasteiger partial charge in [0.25, 0.3) is 0 Å². The van der Waals surface area contributed by atoms with Crippen molar-refractivity contribution in [3.63, 3.8) is 0 Å². The zero-order valence-electron chi connectivity index (χ0n) is 19.7. The van der Waals surface area contributed by atoms with Crippen LogP contribution in [0.4, 0.5) is 87.8 Å². The maximum Gasteiger partial charge on any atom is 0.460 e. The Kier molecular flexibility index (Phi) is 7.48. The number of halogens is 20. The molecule has 0 N–H and O–H groups in total.